The first-order valence-corrected chi connectivity index (χ1v) is 10.1. The molecule has 0 aliphatic heterocycles. The van der Waals surface area contributed by atoms with Gasteiger partial charge < -0.3 is 15.6 Å². The number of nitrogens with zero attached hydrogens (tertiary/aromatic N) is 1. The van der Waals surface area contributed by atoms with E-state index in [1.165, 1.54) is 0 Å². The van der Waals surface area contributed by atoms with Crippen molar-refractivity contribution in [3.63, 3.8) is 0 Å². The van der Waals surface area contributed by atoms with E-state index in [0.717, 1.165) is 43.2 Å². The summed E-state index contributed by atoms with van der Waals surface area (Å²) < 4.78 is 5.44. The number of rotatable bonds is 4. The molecule has 4 aliphatic rings. The lowest BCUT2D eigenvalue weighted by atomic mass is 9.47. The van der Waals surface area contributed by atoms with E-state index in [9.17, 15) is 9.59 Å². The predicted octanol–water partition coefficient (Wildman–Crippen LogP) is 3.06. The number of nitrogens with two attached hydrogens (primary N) is 1. The molecule has 2 aromatic rings. The molecule has 2 unspecified atom stereocenters. The zero-order valence-electron chi connectivity index (χ0n) is 16.0. The molecule has 0 spiro atoms. The maximum atomic E-state index is 12.9. The van der Waals surface area contributed by atoms with Gasteiger partial charge >= 0.3 is 0 Å². The van der Waals surface area contributed by atoms with Crippen LogP contribution in [0.4, 0.5) is 0 Å². The number of carbonyl (C=O) groups is 2. The summed E-state index contributed by atoms with van der Waals surface area (Å²) in [6, 6.07) is 9.66. The maximum absolute atomic E-state index is 12.9. The van der Waals surface area contributed by atoms with Crippen LogP contribution in [0, 0.1) is 30.1 Å². The Morgan fingerprint density at radius 1 is 1.18 bits per heavy atom. The minimum Gasteiger partial charge on any atom is -0.369 e. The smallest absolute Gasteiger partial charge is 0.273 e. The first kappa shape index (κ1) is 17.5. The Morgan fingerprint density at radius 3 is 2.57 bits per heavy atom. The Hall–Kier alpha value is -2.63. The number of nitrogens with one attached hydrogen (secondary N) is 1. The van der Waals surface area contributed by atoms with Gasteiger partial charge in [0.2, 0.25) is 5.91 Å². The summed E-state index contributed by atoms with van der Waals surface area (Å²) in [5.74, 6) is 1.46. The molecule has 1 heterocycles. The van der Waals surface area contributed by atoms with Crippen LogP contribution < -0.4 is 11.1 Å². The second kappa shape index (κ2) is 6.19. The molecule has 146 valence electrons. The molecule has 2 atom stereocenters. The summed E-state index contributed by atoms with van der Waals surface area (Å²) in [5.41, 5.74) is 7.72. The number of amides is 2. The summed E-state index contributed by atoms with van der Waals surface area (Å²) in [6.45, 7) is 2.00. The molecule has 3 N–H and O–H groups in total. The van der Waals surface area contributed by atoms with Crippen LogP contribution in [0.1, 0.15) is 48.2 Å². The lowest BCUT2D eigenvalue weighted by molar-refractivity contribution is -0.145. The highest BCUT2D eigenvalue weighted by molar-refractivity contribution is 5.93. The van der Waals surface area contributed by atoms with Crippen LogP contribution in [-0.2, 0) is 4.79 Å². The second-order valence-corrected chi connectivity index (χ2v) is 9.01. The van der Waals surface area contributed by atoms with Gasteiger partial charge in [-0.2, -0.15) is 0 Å². The molecule has 6 rings (SSSR count). The van der Waals surface area contributed by atoms with E-state index < -0.39 is 0 Å². The van der Waals surface area contributed by atoms with Gasteiger partial charge in [0.05, 0.1) is 0 Å². The van der Waals surface area contributed by atoms with Gasteiger partial charge in [-0.15, -0.1) is 0 Å². The van der Waals surface area contributed by atoms with Crippen molar-refractivity contribution < 1.29 is 14.1 Å². The van der Waals surface area contributed by atoms with E-state index >= 15 is 0 Å². The highest BCUT2D eigenvalue weighted by Gasteiger charge is 2.58. The van der Waals surface area contributed by atoms with Crippen molar-refractivity contribution in [2.75, 3.05) is 0 Å². The minimum absolute atomic E-state index is 0.0927. The molecule has 1 aromatic heterocycles. The van der Waals surface area contributed by atoms with Crippen LogP contribution >= 0.6 is 0 Å². The molecule has 6 heteroatoms. The van der Waals surface area contributed by atoms with Crippen molar-refractivity contribution >= 4 is 11.8 Å². The number of primary amides is 1. The molecule has 28 heavy (non-hydrogen) atoms. The van der Waals surface area contributed by atoms with Crippen LogP contribution in [-0.4, -0.2) is 23.0 Å². The van der Waals surface area contributed by atoms with Crippen LogP contribution in [0.2, 0.25) is 0 Å². The van der Waals surface area contributed by atoms with Crippen molar-refractivity contribution in [2.45, 2.75) is 45.1 Å². The first-order chi connectivity index (χ1) is 13.4. The fraction of sp³-hybridized carbons (Fsp3) is 0.500. The summed E-state index contributed by atoms with van der Waals surface area (Å²) in [6.07, 6.45) is 4.67. The van der Waals surface area contributed by atoms with Gasteiger partial charge in [0.1, 0.15) is 0 Å². The Morgan fingerprint density at radius 2 is 1.89 bits per heavy atom. The maximum Gasteiger partial charge on any atom is 0.273 e. The number of hydrogen-bond acceptors (Lipinski definition) is 4. The predicted molar refractivity (Wildman–Crippen MR) is 103 cm³/mol. The summed E-state index contributed by atoms with van der Waals surface area (Å²) in [7, 11) is 0. The van der Waals surface area contributed by atoms with E-state index in [-0.39, 0.29) is 23.3 Å². The Kier molecular flexibility index (Phi) is 3.86. The largest absolute Gasteiger partial charge is 0.369 e. The van der Waals surface area contributed by atoms with Crippen molar-refractivity contribution in [2.24, 2.45) is 28.9 Å². The van der Waals surface area contributed by atoms with Gasteiger partial charge in [0.25, 0.3) is 5.91 Å². The highest BCUT2D eigenvalue weighted by Crippen LogP contribution is 2.59. The Balaban J connectivity index is 1.33. The van der Waals surface area contributed by atoms with Crippen molar-refractivity contribution in [3.05, 3.63) is 41.6 Å². The number of aromatic nitrogens is 1. The molecule has 0 saturated heterocycles. The third-order valence-corrected chi connectivity index (χ3v) is 7.25. The molecule has 4 saturated carbocycles. The fourth-order valence-electron chi connectivity index (χ4n) is 6.15. The van der Waals surface area contributed by atoms with Crippen LogP contribution in [0.3, 0.4) is 0 Å². The van der Waals surface area contributed by atoms with Gasteiger partial charge in [-0.25, -0.2) is 0 Å². The number of aryl methyl sites for hydroxylation is 1. The number of hydrogen-bond donors (Lipinski definition) is 2. The molecule has 4 aliphatic carbocycles. The third kappa shape index (κ3) is 2.65. The second-order valence-electron chi connectivity index (χ2n) is 9.01. The summed E-state index contributed by atoms with van der Waals surface area (Å²) >= 11 is 0. The normalized spacial score (nSPS) is 33.0. The van der Waals surface area contributed by atoms with Crippen LogP contribution in [0.15, 0.2) is 34.9 Å². The van der Waals surface area contributed by atoms with E-state index in [2.05, 4.69) is 10.5 Å². The van der Waals surface area contributed by atoms with E-state index in [0.29, 0.717) is 29.2 Å². The molecule has 4 bridgehead atoms. The first-order valence-electron chi connectivity index (χ1n) is 10.1. The Labute approximate surface area is 163 Å². The average molecular weight is 379 g/mol. The molecule has 6 nitrogen and oxygen atoms in total. The standard InChI is InChI=1S/C22H25N3O3/c1-12-4-2-3-5-16(12)18-8-17(25-28-18)20(26)24-19-14-6-13-7-15(19)11-22(9-13,10-14)21(23)27/h2-5,8,13-15,19H,6-7,9-11H2,1H3,(H2,23,27)(H,24,26)/t13?,14?,15?,19-,22-. The summed E-state index contributed by atoms with van der Waals surface area (Å²) in [5, 5.41) is 7.20. The highest BCUT2D eigenvalue weighted by atomic mass is 16.5. The molecule has 4 fully saturated rings. The molecular formula is C22H25N3O3. The van der Waals surface area contributed by atoms with Gasteiger partial charge in [0, 0.05) is 23.1 Å². The molecular weight excluding hydrogens is 354 g/mol. The van der Waals surface area contributed by atoms with Crippen molar-refractivity contribution in [3.8, 4) is 11.3 Å². The number of benzene rings is 1. The van der Waals surface area contributed by atoms with Gasteiger partial charge in [-0.05, 0) is 62.3 Å². The lowest BCUT2D eigenvalue weighted by Crippen LogP contribution is -2.62. The minimum atomic E-state index is -0.344. The Bertz CT molecular complexity index is 934. The van der Waals surface area contributed by atoms with Gasteiger partial charge in [0.15, 0.2) is 11.5 Å². The van der Waals surface area contributed by atoms with Crippen LogP contribution in [0.5, 0.6) is 0 Å². The zero-order valence-corrected chi connectivity index (χ0v) is 16.0. The monoisotopic (exact) mass is 379 g/mol. The third-order valence-electron chi connectivity index (χ3n) is 7.25. The van der Waals surface area contributed by atoms with Crippen molar-refractivity contribution in [1.82, 2.24) is 10.5 Å². The molecule has 0 radical (unpaired) electrons. The van der Waals surface area contributed by atoms with Gasteiger partial charge in [-0.1, -0.05) is 29.4 Å². The number of carbonyl (C=O) groups excluding carboxylic acids is 2. The van der Waals surface area contributed by atoms with E-state index in [1.807, 2.05) is 31.2 Å². The molecule has 2 amide bonds. The van der Waals surface area contributed by atoms with E-state index in [4.69, 9.17) is 10.3 Å². The van der Waals surface area contributed by atoms with Gasteiger partial charge in [-0.3, -0.25) is 9.59 Å². The van der Waals surface area contributed by atoms with E-state index in [1.54, 1.807) is 6.07 Å². The van der Waals surface area contributed by atoms with Crippen molar-refractivity contribution in [1.29, 1.82) is 0 Å². The lowest BCUT2D eigenvalue weighted by Gasteiger charge is -2.58. The average Bonchev–Trinajstić information content (AvgIpc) is 3.14. The topological polar surface area (TPSA) is 98.2 Å². The zero-order chi connectivity index (χ0) is 19.5. The molecule has 1 aromatic carbocycles. The fourth-order valence-corrected chi connectivity index (χ4v) is 6.15. The quantitative estimate of drug-likeness (QED) is 0.853. The SMILES string of the molecule is Cc1ccccc1-c1cc(C(=O)N[C@H]2C3CC4CC2C[C@](C(N)=O)(C4)C3)no1. The summed E-state index contributed by atoms with van der Waals surface area (Å²) in [4.78, 5) is 24.9. The van der Waals surface area contributed by atoms with Crippen LogP contribution in [0.25, 0.3) is 11.3 Å².